The Morgan fingerprint density at radius 3 is 2.64 bits per heavy atom. The van der Waals surface area contributed by atoms with Crippen LogP contribution in [0.15, 0.2) is 18.5 Å². The highest BCUT2D eigenvalue weighted by atomic mass is 15.3. The summed E-state index contributed by atoms with van der Waals surface area (Å²) < 4.78 is 1.96. The van der Waals surface area contributed by atoms with Crippen LogP contribution in [0.25, 0.3) is 0 Å². The van der Waals surface area contributed by atoms with E-state index in [1.54, 1.807) is 0 Å². The summed E-state index contributed by atoms with van der Waals surface area (Å²) >= 11 is 0. The molecule has 0 spiro atoms. The zero-order chi connectivity index (χ0) is 10.6. The Morgan fingerprint density at radius 1 is 1.43 bits per heavy atom. The lowest BCUT2D eigenvalue weighted by Gasteiger charge is -2.22. The highest BCUT2D eigenvalue weighted by molar-refractivity contribution is 4.79. The lowest BCUT2D eigenvalue weighted by atomic mass is 9.97. The van der Waals surface area contributed by atoms with Crippen molar-refractivity contribution in [3.05, 3.63) is 18.5 Å². The van der Waals surface area contributed by atoms with Gasteiger partial charge in [-0.1, -0.05) is 20.8 Å². The minimum atomic E-state index is 0.346. The van der Waals surface area contributed by atoms with Crippen LogP contribution in [0.3, 0.4) is 0 Å². The van der Waals surface area contributed by atoms with Crippen LogP contribution in [0.4, 0.5) is 0 Å². The lowest BCUT2D eigenvalue weighted by molar-refractivity contribution is 0.339. The van der Waals surface area contributed by atoms with Crippen LogP contribution in [0.1, 0.15) is 27.7 Å². The molecular weight excluding hydrogens is 174 g/mol. The highest BCUT2D eigenvalue weighted by Gasteiger charge is 2.11. The number of hydrogen-bond donors (Lipinski definition) is 1. The molecule has 0 amide bonds. The van der Waals surface area contributed by atoms with Crippen molar-refractivity contribution in [2.45, 2.75) is 40.3 Å². The first kappa shape index (κ1) is 11.2. The molecule has 80 valence electrons. The summed E-state index contributed by atoms with van der Waals surface area (Å²) in [7, 11) is 0. The van der Waals surface area contributed by atoms with E-state index in [-0.39, 0.29) is 0 Å². The molecule has 0 aliphatic carbocycles. The average Bonchev–Trinajstić information content (AvgIpc) is 2.52. The van der Waals surface area contributed by atoms with Crippen LogP contribution in [-0.4, -0.2) is 22.4 Å². The third kappa shape index (κ3) is 4.42. The van der Waals surface area contributed by atoms with Crippen molar-refractivity contribution >= 4 is 0 Å². The van der Waals surface area contributed by atoms with Crippen molar-refractivity contribution in [2.24, 2.45) is 5.41 Å². The third-order valence-corrected chi connectivity index (χ3v) is 2.00. The quantitative estimate of drug-likeness (QED) is 0.795. The molecule has 0 radical (unpaired) electrons. The Bertz CT molecular complexity index is 246. The summed E-state index contributed by atoms with van der Waals surface area (Å²) in [4.78, 5) is 0. The van der Waals surface area contributed by atoms with Gasteiger partial charge in [-0.2, -0.15) is 5.10 Å². The molecule has 1 heterocycles. The normalized spacial score (nSPS) is 14.3. The molecule has 0 aromatic carbocycles. The van der Waals surface area contributed by atoms with Crippen LogP contribution in [0.2, 0.25) is 0 Å². The van der Waals surface area contributed by atoms with E-state index in [0.29, 0.717) is 11.5 Å². The van der Waals surface area contributed by atoms with Gasteiger partial charge < -0.3 is 5.32 Å². The summed E-state index contributed by atoms with van der Waals surface area (Å²) in [6.45, 7) is 10.9. The predicted molar refractivity (Wildman–Crippen MR) is 59.1 cm³/mol. The number of rotatable bonds is 4. The van der Waals surface area contributed by atoms with E-state index < -0.39 is 0 Å². The van der Waals surface area contributed by atoms with Gasteiger partial charge in [-0.25, -0.2) is 0 Å². The number of nitrogens with zero attached hydrogens (tertiary/aromatic N) is 2. The SMILES string of the molecule is CC(Cn1cccn1)NCC(C)(C)C. The number of nitrogens with one attached hydrogen (secondary N) is 1. The van der Waals surface area contributed by atoms with Gasteiger partial charge in [0.05, 0.1) is 6.54 Å². The Labute approximate surface area is 86.5 Å². The molecule has 0 aliphatic heterocycles. The molecule has 0 saturated carbocycles. The smallest absolute Gasteiger partial charge is 0.0559 e. The summed E-state index contributed by atoms with van der Waals surface area (Å²) in [5.41, 5.74) is 0.346. The molecule has 3 nitrogen and oxygen atoms in total. The minimum Gasteiger partial charge on any atom is -0.312 e. The molecule has 0 saturated heterocycles. The van der Waals surface area contributed by atoms with E-state index in [0.717, 1.165) is 13.1 Å². The second kappa shape index (κ2) is 4.60. The van der Waals surface area contributed by atoms with Crippen molar-refractivity contribution in [1.82, 2.24) is 15.1 Å². The molecule has 1 N–H and O–H groups in total. The molecule has 1 aromatic rings. The maximum Gasteiger partial charge on any atom is 0.0559 e. The van der Waals surface area contributed by atoms with Gasteiger partial charge in [-0.15, -0.1) is 0 Å². The van der Waals surface area contributed by atoms with E-state index in [1.807, 2.05) is 23.1 Å². The standard InChI is InChI=1S/C11H21N3/c1-10(12-9-11(2,3)4)8-14-7-5-6-13-14/h5-7,10,12H,8-9H2,1-4H3. The van der Waals surface area contributed by atoms with Crippen LogP contribution in [0.5, 0.6) is 0 Å². The van der Waals surface area contributed by atoms with Gasteiger partial charge in [0.1, 0.15) is 0 Å². The summed E-state index contributed by atoms with van der Waals surface area (Å²) in [6, 6.07) is 2.42. The minimum absolute atomic E-state index is 0.346. The van der Waals surface area contributed by atoms with Crippen molar-refractivity contribution in [3.8, 4) is 0 Å². The van der Waals surface area contributed by atoms with Crippen LogP contribution < -0.4 is 5.32 Å². The molecular formula is C11H21N3. The molecule has 1 atom stereocenters. The fourth-order valence-electron chi connectivity index (χ4n) is 1.23. The van der Waals surface area contributed by atoms with E-state index >= 15 is 0 Å². The Balaban J connectivity index is 2.26. The summed E-state index contributed by atoms with van der Waals surface area (Å²) in [6.07, 6.45) is 3.81. The fourth-order valence-corrected chi connectivity index (χ4v) is 1.23. The second-order valence-electron chi connectivity index (χ2n) is 5.07. The van der Waals surface area contributed by atoms with Gasteiger partial charge in [-0.05, 0) is 18.4 Å². The molecule has 0 bridgehead atoms. The van der Waals surface area contributed by atoms with Crippen molar-refractivity contribution in [2.75, 3.05) is 6.54 Å². The van der Waals surface area contributed by atoms with Crippen molar-refractivity contribution in [1.29, 1.82) is 0 Å². The highest BCUT2D eigenvalue weighted by Crippen LogP contribution is 2.10. The molecule has 3 heteroatoms. The molecule has 1 aromatic heterocycles. The molecule has 1 rings (SSSR count). The van der Waals surface area contributed by atoms with Gasteiger partial charge in [0.15, 0.2) is 0 Å². The maximum absolute atomic E-state index is 4.18. The van der Waals surface area contributed by atoms with Gasteiger partial charge in [0.25, 0.3) is 0 Å². The Kier molecular flexibility index (Phi) is 3.69. The van der Waals surface area contributed by atoms with Crippen LogP contribution in [-0.2, 0) is 6.54 Å². The van der Waals surface area contributed by atoms with E-state index in [1.165, 1.54) is 0 Å². The van der Waals surface area contributed by atoms with Crippen LogP contribution in [0, 0.1) is 5.41 Å². The first-order valence-corrected chi connectivity index (χ1v) is 5.18. The Morgan fingerprint density at radius 2 is 2.14 bits per heavy atom. The Hall–Kier alpha value is -0.830. The largest absolute Gasteiger partial charge is 0.312 e. The maximum atomic E-state index is 4.18. The topological polar surface area (TPSA) is 29.9 Å². The van der Waals surface area contributed by atoms with Gasteiger partial charge >= 0.3 is 0 Å². The zero-order valence-electron chi connectivity index (χ0n) is 9.62. The van der Waals surface area contributed by atoms with Gasteiger partial charge in [0, 0.05) is 25.0 Å². The predicted octanol–water partition coefficient (Wildman–Crippen LogP) is 1.91. The van der Waals surface area contributed by atoms with Gasteiger partial charge in [-0.3, -0.25) is 4.68 Å². The lowest BCUT2D eigenvalue weighted by Crippen LogP contribution is -2.36. The monoisotopic (exact) mass is 195 g/mol. The molecule has 0 fully saturated rings. The summed E-state index contributed by atoms with van der Waals surface area (Å²) in [5, 5.41) is 7.68. The third-order valence-electron chi connectivity index (χ3n) is 2.00. The van der Waals surface area contributed by atoms with Gasteiger partial charge in [0.2, 0.25) is 0 Å². The number of hydrogen-bond acceptors (Lipinski definition) is 2. The zero-order valence-corrected chi connectivity index (χ0v) is 9.62. The molecule has 0 aliphatic rings. The van der Waals surface area contributed by atoms with E-state index in [2.05, 4.69) is 38.1 Å². The number of aromatic nitrogens is 2. The summed E-state index contributed by atoms with van der Waals surface area (Å²) in [5.74, 6) is 0. The van der Waals surface area contributed by atoms with Crippen molar-refractivity contribution < 1.29 is 0 Å². The molecule has 14 heavy (non-hydrogen) atoms. The fraction of sp³-hybridized carbons (Fsp3) is 0.727. The van der Waals surface area contributed by atoms with E-state index in [4.69, 9.17) is 0 Å². The molecule has 1 unspecified atom stereocenters. The van der Waals surface area contributed by atoms with Crippen molar-refractivity contribution in [3.63, 3.8) is 0 Å². The average molecular weight is 195 g/mol. The van der Waals surface area contributed by atoms with E-state index in [9.17, 15) is 0 Å². The van der Waals surface area contributed by atoms with Crippen LogP contribution >= 0.6 is 0 Å². The second-order valence-corrected chi connectivity index (χ2v) is 5.07. The first-order chi connectivity index (χ1) is 6.47. The first-order valence-electron chi connectivity index (χ1n) is 5.18.